The van der Waals surface area contributed by atoms with Crippen molar-refractivity contribution in [3.05, 3.63) is 57.0 Å². The lowest BCUT2D eigenvalue weighted by atomic mass is 10.2. The highest BCUT2D eigenvalue weighted by atomic mass is 32.1. The maximum Gasteiger partial charge on any atom is 0.266 e. The Morgan fingerprint density at radius 2 is 1.90 bits per heavy atom. The number of rotatable bonds is 4. The fraction of sp³-hybridized carbons (Fsp3) is 0.333. The van der Waals surface area contributed by atoms with Crippen molar-refractivity contribution in [2.24, 2.45) is 0 Å². The topological polar surface area (TPSA) is 84.3 Å². The molecule has 0 aliphatic carbocycles. The van der Waals surface area contributed by atoms with Gasteiger partial charge in [-0.3, -0.25) is 19.0 Å². The van der Waals surface area contributed by atoms with Gasteiger partial charge in [0.25, 0.3) is 11.5 Å². The van der Waals surface area contributed by atoms with Crippen molar-refractivity contribution in [1.82, 2.24) is 14.5 Å². The van der Waals surface area contributed by atoms with Gasteiger partial charge in [-0.25, -0.2) is 4.98 Å². The van der Waals surface area contributed by atoms with Gasteiger partial charge in [-0.1, -0.05) is 18.2 Å². The van der Waals surface area contributed by atoms with Crippen LogP contribution in [0.1, 0.15) is 33.6 Å². The number of nitrogens with zero attached hydrogens (tertiary/aromatic N) is 3. The first kappa shape index (κ1) is 19.3. The number of aromatic nitrogens is 2. The van der Waals surface area contributed by atoms with E-state index in [1.807, 2.05) is 31.2 Å². The lowest BCUT2D eigenvalue weighted by Gasteiger charge is -2.15. The molecule has 2 aromatic heterocycles. The number of fused-ring (bicyclic) bond motifs is 1. The molecule has 7 nitrogen and oxygen atoms in total. The summed E-state index contributed by atoms with van der Waals surface area (Å²) in [5.74, 6) is -0.338. The molecule has 1 fully saturated rings. The van der Waals surface area contributed by atoms with Gasteiger partial charge in [0.05, 0.1) is 16.6 Å². The van der Waals surface area contributed by atoms with Gasteiger partial charge < -0.3 is 10.2 Å². The molecule has 1 N–H and O–H groups in total. The smallest absolute Gasteiger partial charge is 0.266 e. The zero-order valence-electron chi connectivity index (χ0n) is 16.4. The van der Waals surface area contributed by atoms with E-state index < -0.39 is 0 Å². The Kier molecular flexibility index (Phi) is 5.19. The highest BCUT2D eigenvalue weighted by Crippen LogP contribution is 2.28. The number of thiophene rings is 1. The average Bonchev–Trinajstić information content (AvgIpc) is 3.34. The number of aryl methyl sites for hydroxylation is 2. The number of carbonyl (C=O) groups excluding carboxylic acids is 2. The second-order valence-electron chi connectivity index (χ2n) is 7.27. The summed E-state index contributed by atoms with van der Waals surface area (Å²) < 4.78 is 1.34. The molecule has 1 aliphatic heterocycles. The molecule has 4 rings (SSSR count). The van der Waals surface area contributed by atoms with Crippen LogP contribution in [0.25, 0.3) is 10.2 Å². The molecule has 0 bridgehead atoms. The predicted molar refractivity (Wildman–Crippen MR) is 114 cm³/mol. The maximum absolute atomic E-state index is 13.0. The molecular weight excluding hydrogens is 388 g/mol. The van der Waals surface area contributed by atoms with Crippen molar-refractivity contribution in [1.29, 1.82) is 0 Å². The molecule has 1 aromatic carbocycles. The van der Waals surface area contributed by atoms with Crippen molar-refractivity contribution in [3.63, 3.8) is 0 Å². The number of benzene rings is 1. The predicted octanol–water partition coefficient (Wildman–Crippen LogP) is 2.95. The zero-order valence-corrected chi connectivity index (χ0v) is 17.2. The monoisotopic (exact) mass is 410 g/mol. The van der Waals surface area contributed by atoms with E-state index in [4.69, 9.17) is 0 Å². The third-order valence-electron chi connectivity index (χ3n) is 5.28. The SMILES string of the molecule is Cc1ccccc1NC(=O)c1sc2ncn(CC(=O)N3CCCC3)c(=O)c2c1C. The summed E-state index contributed by atoms with van der Waals surface area (Å²) in [4.78, 5) is 45.3. The fourth-order valence-electron chi connectivity index (χ4n) is 3.59. The molecule has 1 aliphatic rings. The summed E-state index contributed by atoms with van der Waals surface area (Å²) in [7, 11) is 0. The molecule has 0 unspecified atom stereocenters. The number of hydrogen-bond donors (Lipinski definition) is 1. The van der Waals surface area contributed by atoms with Crippen LogP contribution in [0.2, 0.25) is 0 Å². The van der Waals surface area contributed by atoms with E-state index in [-0.39, 0.29) is 23.9 Å². The van der Waals surface area contributed by atoms with Crippen molar-refractivity contribution < 1.29 is 9.59 Å². The lowest BCUT2D eigenvalue weighted by molar-refractivity contribution is -0.130. The van der Waals surface area contributed by atoms with Gasteiger partial charge in [-0.2, -0.15) is 0 Å². The van der Waals surface area contributed by atoms with Crippen LogP contribution in [0.15, 0.2) is 35.4 Å². The first-order chi connectivity index (χ1) is 14.0. The van der Waals surface area contributed by atoms with E-state index in [0.717, 1.165) is 37.2 Å². The minimum Gasteiger partial charge on any atom is -0.341 e. The molecule has 3 aromatic rings. The van der Waals surface area contributed by atoms with Crippen LogP contribution in [0.3, 0.4) is 0 Å². The number of carbonyl (C=O) groups is 2. The Morgan fingerprint density at radius 1 is 1.17 bits per heavy atom. The van der Waals surface area contributed by atoms with Crippen LogP contribution < -0.4 is 10.9 Å². The minimum atomic E-state index is -0.286. The van der Waals surface area contributed by atoms with E-state index in [1.165, 1.54) is 22.2 Å². The third-order valence-corrected chi connectivity index (χ3v) is 6.48. The Bertz CT molecular complexity index is 1160. The Hall–Kier alpha value is -3.00. The molecule has 0 radical (unpaired) electrons. The molecule has 1 saturated heterocycles. The van der Waals surface area contributed by atoms with Gasteiger partial charge in [0.2, 0.25) is 5.91 Å². The number of hydrogen-bond acceptors (Lipinski definition) is 5. The maximum atomic E-state index is 13.0. The van der Waals surface area contributed by atoms with Crippen LogP contribution in [0, 0.1) is 13.8 Å². The van der Waals surface area contributed by atoms with Gasteiger partial charge in [0, 0.05) is 18.8 Å². The molecule has 0 spiro atoms. The summed E-state index contributed by atoms with van der Waals surface area (Å²) >= 11 is 1.19. The standard InChI is InChI=1S/C21H22N4O3S/c1-13-7-3-4-8-15(13)23-19(27)18-14(2)17-20(29-18)22-12-25(21(17)28)11-16(26)24-9-5-6-10-24/h3-4,7-8,12H,5-6,9-11H2,1-2H3,(H,23,27). The molecular formula is C21H22N4O3S. The quantitative estimate of drug-likeness (QED) is 0.717. The summed E-state index contributed by atoms with van der Waals surface area (Å²) in [6.07, 6.45) is 3.40. The summed E-state index contributed by atoms with van der Waals surface area (Å²) in [6.45, 7) is 5.13. The molecule has 0 atom stereocenters. The first-order valence-corrected chi connectivity index (χ1v) is 10.4. The Labute approximate surface area is 172 Å². The van der Waals surface area contributed by atoms with Crippen LogP contribution in [0.4, 0.5) is 5.69 Å². The van der Waals surface area contributed by atoms with Crippen molar-refractivity contribution in [2.45, 2.75) is 33.2 Å². The van der Waals surface area contributed by atoms with Crippen LogP contribution in [0.5, 0.6) is 0 Å². The Morgan fingerprint density at radius 3 is 2.62 bits per heavy atom. The van der Waals surface area contributed by atoms with Crippen LogP contribution >= 0.6 is 11.3 Å². The van der Waals surface area contributed by atoms with Crippen molar-refractivity contribution in [3.8, 4) is 0 Å². The zero-order chi connectivity index (χ0) is 20.5. The number of para-hydroxylation sites is 1. The largest absolute Gasteiger partial charge is 0.341 e. The van der Waals surface area contributed by atoms with E-state index >= 15 is 0 Å². The van der Waals surface area contributed by atoms with E-state index in [2.05, 4.69) is 10.3 Å². The second kappa shape index (κ2) is 7.79. The molecule has 8 heteroatoms. The third kappa shape index (κ3) is 3.67. The van der Waals surface area contributed by atoms with Crippen LogP contribution in [-0.4, -0.2) is 39.4 Å². The molecule has 29 heavy (non-hydrogen) atoms. The molecule has 2 amide bonds. The molecule has 150 valence electrons. The second-order valence-corrected chi connectivity index (χ2v) is 8.27. The number of anilines is 1. The summed E-state index contributed by atoms with van der Waals surface area (Å²) in [5.41, 5.74) is 2.00. The Balaban J connectivity index is 1.64. The van der Waals surface area contributed by atoms with Gasteiger partial charge in [-0.15, -0.1) is 11.3 Å². The highest BCUT2D eigenvalue weighted by Gasteiger charge is 2.22. The summed E-state index contributed by atoms with van der Waals surface area (Å²) in [5, 5.41) is 3.31. The van der Waals surface area contributed by atoms with E-state index in [0.29, 0.717) is 20.7 Å². The van der Waals surface area contributed by atoms with Gasteiger partial charge in [0.1, 0.15) is 11.4 Å². The van der Waals surface area contributed by atoms with E-state index in [1.54, 1.807) is 11.8 Å². The van der Waals surface area contributed by atoms with E-state index in [9.17, 15) is 14.4 Å². The van der Waals surface area contributed by atoms with Gasteiger partial charge >= 0.3 is 0 Å². The van der Waals surface area contributed by atoms with Gasteiger partial charge in [0.15, 0.2) is 0 Å². The average molecular weight is 410 g/mol. The highest BCUT2D eigenvalue weighted by molar-refractivity contribution is 7.20. The molecule has 0 saturated carbocycles. The van der Waals surface area contributed by atoms with Crippen LogP contribution in [-0.2, 0) is 11.3 Å². The normalized spacial score (nSPS) is 13.8. The first-order valence-electron chi connectivity index (χ1n) is 9.59. The molecule has 3 heterocycles. The van der Waals surface area contributed by atoms with Gasteiger partial charge in [-0.05, 0) is 43.9 Å². The summed E-state index contributed by atoms with van der Waals surface area (Å²) in [6, 6.07) is 7.53. The number of amides is 2. The van der Waals surface area contributed by atoms with Crippen molar-refractivity contribution >= 4 is 39.1 Å². The minimum absolute atomic E-state index is 0.0260. The number of nitrogens with one attached hydrogen (secondary N) is 1. The number of likely N-dealkylation sites (tertiary alicyclic amines) is 1. The van der Waals surface area contributed by atoms with Crippen molar-refractivity contribution in [2.75, 3.05) is 18.4 Å². The lowest BCUT2D eigenvalue weighted by Crippen LogP contribution is -2.34. The fourth-order valence-corrected chi connectivity index (χ4v) is 4.63.